The van der Waals surface area contributed by atoms with Crippen LogP contribution in [0.25, 0.3) is 0 Å². The molecule has 3 aliphatic rings. The van der Waals surface area contributed by atoms with Crippen LogP contribution in [0, 0.1) is 0 Å². The molecule has 0 aromatic carbocycles. The van der Waals surface area contributed by atoms with Crippen molar-refractivity contribution in [2.45, 2.75) is 388 Å². The van der Waals surface area contributed by atoms with Gasteiger partial charge in [0.25, 0.3) is 0 Å². The SMILES string of the molecule is CCCCC/C=C\C/C=C\CCCCCCCCCC(=O)NC(COC1OC(CO)C(OC2OC(CO)C(OC3OC(CO)C(O)C(O)C3O)C(O)C2O)C(O)C1O)C(O)/C=C/CC/C=C/CCCCCCCCCCCCCCCCCCCCCCCCCCC. The van der Waals surface area contributed by atoms with E-state index in [2.05, 4.69) is 55.6 Å². The summed E-state index contributed by atoms with van der Waals surface area (Å²) in [6, 6.07) is -0.996. The van der Waals surface area contributed by atoms with E-state index in [1.807, 2.05) is 6.08 Å². The van der Waals surface area contributed by atoms with Gasteiger partial charge in [0.15, 0.2) is 18.9 Å². The summed E-state index contributed by atoms with van der Waals surface area (Å²) >= 11 is 0. The lowest BCUT2D eigenvalue weighted by molar-refractivity contribution is -0.379. The molecule has 93 heavy (non-hydrogen) atoms. The molecule has 0 aromatic heterocycles. The number of unbranched alkanes of at least 4 members (excludes halogenated alkanes) is 36. The third kappa shape index (κ3) is 37.0. The number of ether oxygens (including phenoxy) is 6. The molecule has 3 saturated heterocycles. The van der Waals surface area contributed by atoms with Gasteiger partial charge >= 0.3 is 0 Å². The largest absolute Gasteiger partial charge is 0.394 e. The number of amides is 1. The van der Waals surface area contributed by atoms with Crippen molar-refractivity contribution in [1.82, 2.24) is 5.32 Å². The fraction of sp³-hybridized carbons (Fsp3) is 0.878. The van der Waals surface area contributed by atoms with Gasteiger partial charge < -0.3 is 89.9 Å². The highest BCUT2D eigenvalue weighted by molar-refractivity contribution is 5.76. The number of carbonyl (C=O) groups excluding carboxylic acids is 1. The maximum atomic E-state index is 13.4. The van der Waals surface area contributed by atoms with E-state index < -0.39 is 124 Å². The Morgan fingerprint density at radius 3 is 1.16 bits per heavy atom. The molecular formula is C74H135NO18. The highest BCUT2D eigenvalue weighted by atomic mass is 16.8. The van der Waals surface area contributed by atoms with Crippen LogP contribution in [0.15, 0.2) is 48.6 Å². The number of rotatable bonds is 58. The van der Waals surface area contributed by atoms with Crippen molar-refractivity contribution in [3.63, 3.8) is 0 Å². The lowest BCUT2D eigenvalue weighted by Gasteiger charge is -2.48. The number of hydrogen-bond acceptors (Lipinski definition) is 18. The van der Waals surface area contributed by atoms with Crippen LogP contribution in [0.3, 0.4) is 0 Å². The summed E-state index contributed by atoms with van der Waals surface area (Å²) in [5, 5.41) is 121. The average molecular weight is 1330 g/mol. The number of allylic oxidation sites excluding steroid dienone is 7. The van der Waals surface area contributed by atoms with Crippen LogP contribution in [0.1, 0.15) is 284 Å². The van der Waals surface area contributed by atoms with E-state index in [9.17, 15) is 61.0 Å². The second kappa shape index (κ2) is 55.6. The standard InChI is InChI=1S/C74H135NO18/c1-3-5-7-9-11-13-15-17-19-21-22-23-24-25-26-27-28-29-30-31-32-33-34-36-37-39-41-43-45-47-49-51-58(79)57(75-62(80)52-50-48-46-44-42-40-38-35-20-18-16-14-12-10-8-6-4-2)56-88-72-68(86)65(83)70(60(54-77)90-72)93-74-69(87)66(84)71(61(55-78)91-74)92-73-67(85)64(82)63(81)59(53-76)89-73/h12,14,18,20,41,43,49,51,57-61,63-74,76-79,81-87H,3-11,13,15-17,19,21-40,42,44-48,50,52-56H2,1-2H3,(H,75,80)/b14-12-,20-18-,43-41+,51-49+. The van der Waals surface area contributed by atoms with Gasteiger partial charge in [-0.2, -0.15) is 0 Å². The van der Waals surface area contributed by atoms with Gasteiger partial charge in [0, 0.05) is 6.42 Å². The Labute approximate surface area is 561 Å². The maximum absolute atomic E-state index is 13.4. The van der Waals surface area contributed by atoms with Crippen molar-refractivity contribution in [3.8, 4) is 0 Å². The van der Waals surface area contributed by atoms with Crippen LogP contribution in [0.2, 0.25) is 0 Å². The summed E-state index contributed by atoms with van der Waals surface area (Å²) in [7, 11) is 0. The Hall–Kier alpha value is -2.25. The van der Waals surface area contributed by atoms with E-state index in [1.54, 1.807) is 6.08 Å². The lowest BCUT2D eigenvalue weighted by Crippen LogP contribution is -2.66. The van der Waals surface area contributed by atoms with Gasteiger partial charge in [-0.25, -0.2) is 0 Å². The van der Waals surface area contributed by atoms with Gasteiger partial charge in [0.2, 0.25) is 5.91 Å². The van der Waals surface area contributed by atoms with Gasteiger partial charge in [-0.05, 0) is 64.2 Å². The van der Waals surface area contributed by atoms with Gasteiger partial charge in [-0.3, -0.25) is 4.79 Å². The van der Waals surface area contributed by atoms with Gasteiger partial charge in [0.1, 0.15) is 73.2 Å². The van der Waals surface area contributed by atoms with Crippen LogP contribution in [-0.4, -0.2) is 193 Å². The molecule has 3 heterocycles. The third-order valence-corrected chi connectivity index (χ3v) is 18.6. The zero-order valence-corrected chi connectivity index (χ0v) is 57.7. The molecule has 19 nitrogen and oxygen atoms in total. The molecule has 0 bridgehead atoms. The number of hydrogen-bond donors (Lipinski definition) is 12. The van der Waals surface area contributed by atoms with E-state index in [0.717, 1.165) is 77.0 Å². The first-order valence-corrected chi connectivity index (χ1v) is 37.4. The van der Waals surface area contributed by atoms with Gasteiger partial charge in [-0.1, -0.05) is 262 Å². The summed E-state index contributed by atoms with van der Waals surface area (Å²) in [6.07, 6.45) is 41.1. The van der Waals surface area contributed by atoms with Gasteiger partial charge in [0.05, 0.1) is 38.6 Å². The molecule has 19 heteroatoms. The predicted molar refractivity (Wildman–Crippen MR) is 365 cm³/mol. The fourth-order valence-corrected chi connectivity index (χ4v) is 12.5. The molecule has 17 unspecified atom stereocenters. The Morgan fingerprint density at radius 2 is 0.720 bits per heavy atom. The minimum Gasteiger partial charge on any atom is -0.394 e. The summed E-state index contributed by atoms with van der Waals surface area (Å²) in [5.74, 6) is -0.292. The molecule has 1 amide bonds. The van der Waals surface area contributed by atoms with Crippen LogP contribution in [0.4, 0.5) is 0 Å². The fourth-order valence-electron chi connectivity index (χ4n) is 12.5. The first kappa shape index (κ1) is 85.0. The quantitative estimate of drug-likeness (QED) is 0.0199. The Bertz CT molecular complexity index is 1870. The van der Waals surface area contributed by atoms with E-state index in [0.29, 0.717) is 12.8 Å². The molecular weight excluding hydrogens is 1190 g/mol. The molecule has 0 aliphatic carbocycles. The Balaban J connectivity index is 1.40. The van der Waals surface area contributed by atoms with Crippen LogP contribution in [-0.2, 0) is 33.2 Å². The third-order valence-electron chi connectivity index (χ3n) is 18.6. The molecule has 17 atom stereocenters. The molecule has 0 saturated carbocycles. The molecule has 0 spiro atoms. The smallest absolute Gasteiger partial charge is 0.220 e. The first-order valence-electron chi connectivity index (χ1n) is 37.4. The van der Waals surface area contributed by atoms with Crippen molar-refractivity contribution < 1.29 is 89.4 Å². The van der Waals surface area contributed by atoms with Crippen LogP contribution < -0.4 is 5.32 Å². The Kier molecular flexibility index (Phi) is 50.8. The second-order valence-corrected chi connectivity index (χ2v) is 26.7. The maximum Gasteiger partial charge on any atom is 0.220 e. The van der Waals surface area contributed by atoms with Crippen molar-refractivity contribution in [2.75, 3.05) is 26.4 Å². The summed E-state index contributed by atoms with van der Waals surface area (Å²) in [6.45, 7) is 1.71. The molecule has 0 radical (unpaired) electrons. The van der Waals surface area contributed by atoms with Crippen molar-refractivity contribution >= 4 is 5.91 Å². The van der Waals surface area contributed by atoms with Crippen molar-refractivity contribution in [3.05, 3.63) is 48.6 Å². The van der Waals surface area contributed by atoms with E-state index >= 15 is 0 Å². The Morgan fingerprint density at radius 1 is 0.387 bits per heavy atom. The second-order valence-electron chi connectivity index (χ2n) is 26.7. The van der Waals surface area contributed by atoms with Crippen LogP contribution in [0.5, 0.6) is 0 Å². The summed E-state index contributed by atoms with van der Waals surface area (Å²) in [4.78, 5) is 13.4. The van der Waals surface area contributed by atoms with E-state index in [4.69, 9.17) is 28.4 Å². The number of aliphatic hydroxyl groups excluding tert-OH is 11. The topological polar surface area (TPSA) is 307 Å². The minimum atomic E-state index is -1.98. The zero-order chi connectivity index (χ0) is 67.5. The average Bonchev–Trinajstić information content (AvgIpc) is 0.815. The molecule has 0 aromatic rings. The summed E-state index contributed by atoms with van der Waals surface area (Å²) < 4.78 is 34.4. The number of nitrogens with one attached hydrogen (secondary N) is 1. The summed E-state index contributed by atoms with van der Waals surface area (Å²) in [5.41, 5.74) is 0. The van der Waals surface area contributed by atoms with Crippen molar-refractivity contribution in [2.24, 2.45) is 0 Å². The number of carbonyl (C=O) groups is 1. The molecule has 3 aliphatic heterocycles. The van der Waals surface area contributed by atoms with E-state index in [-0.39, 0.29) is 18.9 Å². The highest BCUT2D eigenvalue weighted by Crippen LogP contribution is 2.33. The highest BCUT2D eigenvalue weighted by Gasteiger charge is 2.53. The predicted octanol–water partition coefficient (Wildman–Crippen LogP) is 10.9. The minimum absolute atomic E-state index is 0.226. The monoisotopic (exact) mass is 1330 g/mol. The zero-order valence-electron chi connectivity index (χ0n) is 57.7. The lowest BCUT2D eigenvalue weighted by atomic mass is 9.96. The molecule has 3 fully saturated rings. The van der Waals surface area contributed by atoms with Crippen LogP contribution >= 0.6 is 0 Å². The normalized spacial score (nSPS) is 27.8. The van der Waals surface area contributed by atoms with Gasteiger partial charge in [-0.15, -0.1) is 0 Å². The molecule has 544 valence electrons. The van der Waals surface area contributed by atoms with Crippen molar-refractivity contribution in [1.29, 1.82) is 0 Å². The number of aliphatic hydroxyl groups is 11. The first-order chi connectivity index (χ1) is 45.3. The van der Waals surface area contributed by atoms with E-state index in [1.165, 1.54) is 173 Å². The molecule has 12 N–H and O–H groups in total. The molecule has 3 rings (SSSR count).